The number of hydrogen-bond acceptors (Lipinski definition) is 0. The number of rotatable bonds is 1. The Bertz CT molecular complexity index is 170. The Balaban J connectivity index is 2.41. The Hall–Kier alpha value is 0.350. The van der Waals surface area contributed by atoms with Crippen molar-refractivity contribution in [1.82, 2.24) is 0 Å². The summed E-state index contributed by atoms with van der Waals surface area (Å²) in [6.07, 6.45) is 8.09. The molecule has 0 spiro atoms. The van der Waals surface area contributed by atoms with Crippen LogP contribution in [-0.2, 0) is 0 Å². The van der Waals surface area contributed by atoms with E-state index in [-0.39, 0.29) is 0 Å². The molecule has 0 heterocycles. The van der Waals surface area contributed by atoms with Gasteiger partial charge in [0.25, 0.3) is 0 Å². The fourth-order valence-corrected chi connectivity index (χ4v) is 6.80. The van der Waals surface area contributed by atoms with Crippen LogP contribution in [0.5, 0.6) is 0 Å². The van der Waals surface area contributed by atoms with Crippen molar-refractivity contribution in [3.63, 3.8) is 0 Å². The van der Waals surface area contributed by atoms with Crippen molar-refractivity contribution in [2.75, 3.05) is 0 Å². The van der Waals surface area contributed by atoms with Crippen LogP contribution in [0, 0.1) is 0 Å². The van der Waals surface area contributed by atoms with Gasteiger partial charge in [0, 0.05) is 0 Å². The van der Waals surface area contributed by atoms with Gasteiger partial charge in [0.05, 0.1) is 0 Å². The molecule has 0 aromatic carbocycles. The molecule has 54 valence electrons. The van der Waals surface area contributed by atoms with Crippen LogP contribution >= 0.6 is 0 Å². The van der Waals surface area contributed by atoms with Crippen LogP contribution in [0.3, 0.4) is 0 Å². The third-order valence-corrected chi connectivity index (χ3v) is 7.43. The Morgan fingerprint density at radius 1 is 1.40 bits per heavy atom. The first kappa shape index (κ1) is 8.45. The molecular weight excluding hydrogens is 223 g/mol. The molecule has 1 rings (SSSR count). The molecule has 1 aliphatic rings. The summed E-state index contributed by atoms with van der Waals surface area (Å²) in [6, 6.07) is 0. The van der Waals surface area contributed by atoms with Gasteiger partial charge >= 0.3 is 74.8 Å². The summed E-state index contributed by atoms with van der Waals surface area (Å²) in [5, 5.41) is 0. The molecule has 0 amide bonds. The summed E-state index contributed by atoms with van der Waals surface area (Å²) < 4.78 is 2.45. The quantitative estimate of drug-likeness (QED) is 0.658. The van der Waals surface area contributed by atoms with Gasteiger partial charge in [-0.15, -0.1) is 0 Å². The zero-order chi connectivity index (χ0) is 7.61. The molecule has 0 N–H and O–H groups in total. The second-order valence-electron chi connectivity index (χ2n) is 4.19. The summed E-state index contributed by atoms with van der Waals surface area (Å²) in [5.74, 6) is 0. The summed E-state index contributed by atoms with van der Waals surface area (Å²) in [7, 11) is 0. The van der Waals surface area contributed by atoms with Crippen LogP contribution < -0.4 is 0 Å². The maximum atomic E-state index is 2.38. The van der Waals surface area contributed by atoms with Gasteiger partial charge in [-0.1, -0.05) is 0 Å². The van der Waals surface area contributed by atoms with Crippen molar-refractivity contribution < 1.29 is 0 Å². The molecule has 0 aliphatic heterocycles. The van der Waals surface area contributed by atoms with Crippen molar-refractivity contribution in [2.24, 2.45) is 0 Å². The zero-order valence-electron chi connectivity index (χ0n) is 7.15. The van der Waals surface area contributed by atoms with Gasteiger partial charge in [-0.2, -0.15) is 0 Å². The van der Waals surface area contributed by atoms with Crippen LogP contribution in [0.4, 0.5) is 0 Å². The molecule has 0 bridgehead atoms. The van der Waals surface area contributed by atoms with E-state index < -0.39 is 22.9 Å². The first-order valence-corrected chi connectivity index (χ1v) is 7.96. The second-order valence-corrected chi connectivity index (χ2v) is 13.9. The van der Waals surface area contributed by atoms with E-state index in [4.69, 9.17) is 0 Å². The molecule has 10 heavy (non-hydrogen) atoms. The van der Waals surface area contributed by atoms with Crippen LogP contribution in [0.2, 0.25) is 3.17 Å². The predicted octanol–water partition coefficient (Wildman–Crippen LogP) is 2.49. The molecule has 0 aromatic heterocycles. The van der Waals surface area contributed by atoms with Gasteiger partial charge < -0.3 is 0 Å². The monoisotopic (exact) mass is 238 g/mol. The fraction of sp³-hybridized carbons (Fsp3) is 0.556. The van der Waals surface area contributed by atoms with Crippen LogP contribution in [0.15, 0.2) is 21.6 Å². The molecule has 1 heteroatoms. The maximum absolute atomic E-state index is 2.38. The van der Waals surface area contributed by atoms with Gasteiger partial charge in [0.2, 0.25) is 0 Å². The minimum absolute atomic E-state index is 0.596. The van der Waals surface area contributed by atoms with Gasteiger partial charge in [0.15, 0.2) is 0 Å². The molecular formula is C9H15In. The Morgan fingerprint density at radius 2 is 2.10 bits per heavy atom. The molecule has 0 atom stereocenters. The molecule has 0 unspecified atom stereocenters. The van der Waals surface area contributed by atoms with E-state index >= 15 is 0 Å². The van der Waals surface area contributed by atoms with Crippen molar-refractivity contribution in [1.29, 1.82) is 0 Å². The minimum atomic E-state index is -0.596. The third-order valence-electron chi connectivity index (χ3n) is 1.61. The third kappa shape index (κ3) is 2.96. The normalized spacial score (nSPS) is 17.3. The van der Waals surface area contributed by atoms with Crippen LogP contribution in [0.1, 0.15) is 27.2 Å². The summed E-state index contributed by atoms with van der Waals surface area (Å²) in [4.78, 5) is 0. The number of allylic oxidation sites excluding steroid dienone is 4. The van der Waals surface area contributed by atoms with Gasteiger partial charge in [0.1, 0.15) is 0 Å². The van der Waals surface area contributed by atoms with E-state index in [0.29, 0.717) is 3.17 Å². The van der Waals surface area contributed by atoms with E-state index in [0.717, 1.165) is 0 Å². The topological polar surface area (TPSA) is 0 Å². The molecule has 0 saturated heterocycles. The van der Waals surface area contributed by atoms with Gasteiger partial charge in [-0.3, -0.25) is 0 Å². The van der Waals surface area contributed by atoms with Crippen molar-refractivity contribution in [3.8, 4) is 0 Å². The Kier molecular flexibility index (Phi) is 2.67. The Morgan fingerprint density at radius 3 is 2.50 bits per heavy atom. The van der Waals surface area contributed by atoms with E-state index in [1.165, 1.54) is 6.42 Å². The van der Waals surface area contributed by atoms with E-state index in [1.807, 2.05) is 0 Å². The van der Waals surface area contributed by atoms with E-state index in [1.54, 1.807) is 3.33 Å². The van der Waals surface area contributed by atoms with Gasteiger partial charge in [-0.25, -0.2) is 0 Å². The summed E-state index contributed by atoms with van der Waals surface area (Å²) >= 11 is -0.596. The molecule has 0 fully saturated rings. The van der Waals surface area contributed by atoms with Crippen molar-refractivity contribution in [3.05, 3.63) is 21.6 Å². The summed E-state index contributed by atoms with van der Waals surface area (Å²) in [6.45, 7) is 7.13. The number of hydrogen-bond donors (Lipinski definition) is 0. The fourth-order valence-electron chi connectivity index (χ4n) is 1.30. The molecule has 0 aromatic rings. The molecule has 0 saturated carbocycles. The van der Waals surface area contributed by atoms with Crippen molar-refractivity contribution >= 4 is 22.9 Å². The summed E-state index contributed by atoms with van der Waals surface area (Å²) in [5.41, 5.74) is 0. The van der Waals surface area contributed by atoms with E-state index in [2.05, 4.69) is 39.0 Å². The van der Waals surface area contributed by atoms with Crippen molar-refractivity contribution in [2.45, 2.75) is 30.4 Å². The standard InChI is InChI=1S/C5H5.C4H9.In.H/c1-2-4-5-3-1;1-4(2)3;;/h1-3H,4H2;1-3H3;;. The van der Waals surface area contributed by atoms with Crippen LogP contribution in [-0.4, -0.2) is 22.9 Å². The average Bonchev–Trinajstić information content (AvgIpc) is 2.12. The Labute approximate surface area is 74.8 Å². The average molecular weight is 238 g/mol. The zero-order valence-corrected chi connectivity index (χ0v) is 11.2. The SMILES string of the molecule is C[C](C)(C)[InH][C]1=CC=CC1. The molecule has 0 nitrogen and oxygen atoms in total. The first-order valence-electron chi connectivity index (χ1n) is 3.92. The molecule has 0 radical (unpaired) electrons. The predicted molar refractivity (Wildman–Crippen MR) is 48.7 cm³/mol. The first-order chi connectivity index (χ1) is 4.58. The van der Waals surface area contributed by atoms with Crippen LogP contribution in [0.25, 0.3) is 0 Å². The second kappa shape index (κ2) is 3.17. The van der Waals surface area contributed by atoms with E-state index in [9.17, 15) is 0 Å². The molecule has 1 aliphatic carbocycles. The van der Waals surface area contributed by atoms with Gasteiger partial charge in [-0.05, 0) is 0 Å².